The number of aryl methyl sites for hydroxylation is 1. The number of hydrogen-bond donors (Lipinski definition) is 0. The molecule has 96 valence electrons. The molecule has 0 radical (unpaired) electrons. The summed E-state index contributed by atoms with van der Waals surface area (Å²) < 4.78 is 1.99. The summed E-state index contributed by atoms with van der Waals surface area (Å²) in [7, 11) is 0. The van der Waals surface area contributed by atoms with Gasteiger partial charge in [0, 0.05) is 11.9 Å². The van der Waals surface area contributed by atoms with Gasteiger partial charge >= 0.3 is 0 Å². The van der Waals surface area contributed by atoms with Gasteiger partial charge in [0.05, 0.1) is 18.1 Å². The number of nitrogens with zero attached hydrogens (tertiary/aromatic N) is 5. The first kappa shape index (κ1) is 12.0. The Bertz CT molecular complexity index is 708. The van der Waals surface area contributed by atoms with E-state index in [0.29, 0.717) is 12.4 Å². The smallest absolute Gasteiger partial charge is 0.160 e. The lowest BCUT2D eigenvalue weighted by molar-refractivity contribution is 0.733. The average Bonchev–Trinajstić information content (AvgIpc) is 2.78. The standard InChI is InChI=1S/C13H12ClN5/c1-9-4-5-11-13(16-9)19(12(7-14)17-11)8-10-3-2-6-15-18-10/h2-6H,7-8H2,1H3. The molecule has 0 unspecified atom stereocenters. The topological polar surface area (TPSA) is 56.5 Å². The molecule has 0 fully saturated rings. The molecule has 0 spiro atoms. The Labute approximate surface area is 115 Å². The second-order valence-electron chi connectivity index (χ2n) is 4.26. The molecule has 3 aromatic rings. The molecule has 0 saturated carbocycles. The Morgan fingerprint density at radius 2 is 2.11 bits per heavy atom. The van der Waals surface area contributed by atoms with Crippen LogP contribution >= 0.6 is 11.6 Å². The third kappa shape index (κ3) is 2.29. The highest BCUT2D eigenvalue weighted by Crippen LogP contribution is 2.17. The van der Waals surface area contributed by atoms with Gasteiger partial charge in [0.25, 0.3) is 0 Å². The number of alkyl halides is 1. The zero-order valence-corrected chi connectivity index (χ0v) is 11.2. The number of imidazole rings is 1. The average molecular weight is 274 g/mol. The van der Waals surface area contributed by atoms with Crippen molar-refractivity contribution in [3.05, 3.63) is 47.7 Å². The van der Waals surface area contributed by atoms with Gasteiger partial charge in [0.1, 0.15) is 11.3 Å². The molecule has 5 nitrogen and oxygen atoms in total. The van der Waals surface area contributed by atoms with E-state index in [1.165, 1.54) is 0 Å². The minimum absolute atomic E-state index is 0.343. The highest BCUT2D eigenvalue weighted by molar-refractivity contribution is 6.16. The quantitative estimate of drug-likeness (QED) is 0.687. The lowest BCUT2D eigenvalue weighted by atomic mass is 10.3. The fourth-order valence-corrected chi connectivity index (χ4v) is 2.20. The van der Waals surface area contributed by atoms with E-state index >= 15 is 0 Å². The first-order valence-corrected chi connectivity index (χ1v) is 6.46. The van der Waals surface area contributed by atoms with Crippen LogP contribution in [-0.4, -0.2) is 24.7 Å². The van der Waals surface area contributed by atoms with E-state index in [4.69, 9.17) is 11.6 Å². The van der Waals surface area contributed by atoms with Crippen molar-refractivity contribution in [3.8, 4) is 0 Å². The van der Waals surface area contributed by atoms with Crippen LogP contribution in [0.3, 0.4) is 0 Å². The Kier molecular flexibility index (Phi) is 3.13. The number of rotatable bonds is 3. The zero-order valence-electron chi connectivity index (χ0n) is 10.4. The molecule has 0 aromatic carbocycles. The molecule has 3 aromatic heterocycles. The Balaban J connectivity index is 2.12. The molecule has 0 aliphatic carbocycles. The van der Waals surface area contributed by atoms with Gasteiger partial charge in [-0.05, 0) is 31.2 Å². The molecule has 0 aliphatic rings. The Hall–Kier alpha value is -2.01. The number of pyridine rings is 1. The lowest BCUT2D eigenvalue weighted by Crippen LogP contribution is -2.06. The van der Waals surface area contributed by atoms with Crippen LogP contribution in [0.25, 0.3) is 11.2 Å². The van der Waals surface area contributed by atoms with E-state index in [1.54, 1.807) is 6.20 Å². The molecule has 0 aliphatic heterocycles. The molecular formula is C13H12ClN5. The number of hydrogen-bond acceptors (Lipinski definition) is 4. The van der Waals surface area contributed by atoms with Gasteiger partial charge in [-0.25, -0.2) is 9.97 Å². The van der Waals surface area contributed by atoms with Crippen LogP contribution in [0, 0.1) is 6.92 Å². The largest absolute Gasteiger partial charge is 0.306 e. The molecule has 3 rings (SSSR count). The molecule has 19 heavy (non-hydrogen) atoms. The van der Waals surface area contributed by atoms with Crippen molar-refractivity contribution >= 4 is 22.8 Å². The van der Waals surface area contributed by atoms with E-state index in [0.717, 1.165) is 28.4 Å². The van der Waals surface area contributed by atoms with Crippen LogP contribution in [-0.2, 0) is 12.4 Å². The highest BCUT2D eigenvalue weighted by atomic mass is 35.5. The van der Waals surface area contributed by atoms with Crippen LogP contribution < -0.4 is 0 Å². The summed E-state index contributed by atoms with van der Waals surface area (Å²) in [6.45, 7) is 2.53. The second kappa shape index (κ2) is 4.93. The highest BCUT2D eigenvalue weighted by Gasteiger charge is 2.12. The van der Waals surface area contributed by atoms with Crippen molar-refractivity contribution in [3.63, 3.8) is 0 Å². The minimum atomic E-state index is 0.343. The van der Waals surface area contributed by atoms with Gasteiger partial charge in [-0.2, -0.15) is 10.2 Å². The van der Waals surface area contributed by atoms with Crippen molar-refractivity contribution < 1.29 is 0 Å². The van der Waals surface area contributed by atoms with E-state index in [2.05, 4.69) is 20.2 Å². The molecule has 6 heteroatoms. The number of halogens is 1. The van der Waals surface area contributed by atoms with Gasteiger partial charge in [0.15, 0.2) is 5.65 Å². The summed E-state index contributed by atoms with van der Waals surface area (Å²) in [6, 6.07) is 7.69. The van der Waals surface area contributed by atoms with Crippen molar-refractivity contribution in [1.82, 2.24) is 24.7 Å². The van der Waals surface area contributed by atoms with E-state index < -0.39 is 0 Å². The maximum Gasteiger partial charge on any atom is 0.160 e. The van der Waals surface area contributed by atoms with Gasteiger partial charge < -0.3 is 4.57 Å². The normalized spacial score (nSPS) is 11.1. The first-order valence-electron chi connectivity index (χ1n) is 5.93. The van der Waals surface area contributed by atoms with Gasteiger partial charge in [0.2, 0.25) is 0 Å². The zero-order chi connectivity index (χ0) is 13.2. The number of aromatic nitrogens is 5. The van der Waals surface area contributed by atoms with Crippen molar-refractivity contribution in [2.45, 2.75) is 19.3 Å². The van der Waals surface area contributed by atoms with Crippen molar-refractivity contribution in [1.29, 1.82) is 0 Å². The van der Waals surface area contributed by atoms with Crippen molar-refractivity contribution in [2.75, 3.05) is 0 Å². The Morgan fingerprint density at radius 3 is 2.84 bits per heavy atom. The maximum absolute atomic E-state index is 5.96. The summed E-state index contributed by atoms with van der Waals surface area (Å²) in [6.07, 6.45) is 1.65. The lowest BCUT2D eigenvalue weighted by Gasteiger charge is -2.06. The molecule has 0 saturated heterocycles. The van der Waals surface area contributed by atoms with E-state index in [9.17, 15) is 0 Å². The molecule has 0 amide bonds. The molecule has 3 heterocycles. The van der Waals surface area contributed by atoms with Gasteiger partial charge in [-0.3, -0.25) is 0 Å². The van der Waals surface area contributed by atoms with Gasteiger partial charge in [-0.1, -0.05) is 0 Å². The van der Waals surface area contributed by atoms with Gasteiger partial charge in [-0.15, -0.1) is 11.6 Å². The molecule has 0 atom stereocenters. The summed E-state index contributed by atoms with van der Waals surface area (Å²) in [5.74, 6) is 1.13. The monoisotopic (exact) mass is 273 g/mol. The van der Waals surface area contributed by atoms with E-state index in [-0.39, 0.29) is 0 Å². The van der Waals surface area contributed by atoms with Crippen LogP contribution in [0.2, 0.25) is 0 Å². The van der Waals surface area contributed by atoms with Crippen LogP contribution in [0.15, 0.2) is 30.5 Å². The maximum atomic E-state index is 5.96. The fourth-order valence-electron chi connectivity index (χ4n) is 1.99. The fraction of sp³-hybridized carbons (Fsp3) is 0.231. The molecule has 0 bridgehead atoms. The van der Waals surface area contributed by atoms with Crippen LogP contribution in [0.1, 0.15) is 17.2 Å². The SMILES string of the molecule is Cc1ccc2nc(CCl)n(Cc3cccnn3)c2n1. The Morgan fingerprint density at radius 1 is 1.21 bits per heavy atom. The second-order valence-corrected chi connectivity index (χ2v) is 4.53. The summed E-state index contributed by atoms with van der Waals surface area (Å²) >= 11 is 5.96. The summed E-state index contributed by atoms with van der Waals surface area (Å²) in [4.78, 5) is 9.02. The predicted octanol–water partition coefficient (Wildman–Crippen LogP) is 2.32. The third-order valence-electron chi connectivity index (χ3n) is 2.88. The molecular weight excluding hydrogens is 262 g/mol. The third-order valence-corrected chi connectivity index (χ3v) is 3.12. The number of fused-ring (bicyclic) bond motifs is 1. The first-order chi connectivity index (χ1) is 9.28. The van der Waals surface area contributed by atoms with Crippen LogP contribution in [0.4, 0.5) is 0 Å². The molecule has 0 N–H and O–H groups in total. The summed E-state index contributed by atoms with van der Waals surface area (Å²) in [5, 5.41) is 7.97. The summed E-state index contributed by atoms with van der Waals surface area (Å²) in [5.41, 5.74) is 3.50. The van der Waals surface area contributed by atoms with E-state index in [1.807, 2.05) is 35.8 Å². The van der Waals surface area contributed by atoms with Crippen molar-refractivity contribution in [2.24, 2.45) is 0 Å². The van der Waals surface area contributed by atoms with Crippen LogP contribution in [0.5, 0.6) is 0 Å². The minimum Gasteiger partial charge on any atom is -0.306 e. The predicted molar refractivity (Wildman–Crippen MR) is 73.0 cm³/mol.